The van der Waals surface area contributed by atoms with Gasteiger partial charge >= 0.3 is 0 Å². The summed E-state index contributed by atoms with van der Waals surface area (Å²) in [6.45, 7) is 0.251. The molecule has 1 heterocycles. The second-order valence-electron chi connectivity index (χ2n) is 4.18. The van der Waals surface area contributed by atoms with Crippen molar-refractivity contribution in [2.24, 2.45) is 0 Å². The van der Waals surface area contributed by atoms with Crippen LogP contribution in [0.4, 0.5) is 4.39 Å². The highest BCUT2D eigenvalue weighted by Gasteiger charge is 2.05. The first-order valence-electron chi connectivity index (χ1n) is 5.80. The van der Waals surface area contributed by atoms with Crippen molar-refractivity contribution in [1.82, 2.24) is 0 Å². The minimum Gasteiger partial charge on any atom is -0.508 e. The highest BCUT2D eigenvalue weighted by molar-refractivity contribution is 5.77. The van der Waals surface area contributed by atoms with Crippen molar-refractivity contribution < 1.29 is 18.7 Å². The van der Waals surface area contributed by atoms with Crippen LogP contribution in [-0.4, -0.2) is 5.11 Å². The van der Waals surface area contributed by atoms with Crippen LogP contribution in [0.3, 0.4) is 0 Å². The Bertz CT molecular complexity index is 701. The lowest BCUT2D eigenvalue weighted by atomic mass is 10.2. The number of ether oxygens (including phenoxy) is 1. The standard InChI is InChI=1S/C15H11FO3/c16-11-2-1-10-7-14(19-15(10)8-11)9-18-13-5-3-12(17)4-6-13/h1-8,17H,9H2. The average Bonchev–Trinajstić information content (AvgIpc) is 2.80. The molecule has 0 amide bonds. The van der Waals surface area contributed by atoms with Crippen molar-refractivity contribution in [2.75, 3.05) is 0 Å². The molecule has 19 heavy (non-hydrogen) atoms. The van der Waals surface area contributed by atoms with E-state index in [2.05, 4.69) is 0 Å². The minimum absolute atomic E-state index is 0.187. The van der Waals surface area contributed by atoms with Gasteiger partial charge in [-0.3, -0.25) is 0 Å². The molecular weight excluding hydrogens is 247 g/mol. The molecule has 0 spiro atoms. The first kappa shape index (κ1) is 11.6. The summed E-state index contributed by atoms with van der Waals surface area (Å²) in [4.78, 5) is 0. The Morgan fingerprint density at radius 3 is 2.63 bits per heavy atom. The van der Waals surface area contributed by atoms with Crippen LogP contribution in [0.25, 0.3) is 11.0 Å². The fourth-order valence-corrected chi connectivity index (χ4v) is 1.83. The highest BCUT2D eigenvalue weighted by Crippen LogP contribution is 2.22. The van der Waals surface area contributed by atoms with Gasteiger partial charge in [0.2, 0.25) is 0 Å². The van der Waals surface area contributed by atoms with E-state index in [1.165, 1.54) is 12.1 Å². The second-order valence-corrected chi connectivity index (χ2v) is 4.18. The summed E-state index contributed by atoms with van der Waals surface area (Å²) in [6.07, 6.45) is 0. The molecule has 0 aliphatic carbocycles. The van der Waals surface area contributed by atoms with E-state index < -0.39 is 0 Å². The van der Waals surface area contributed by atoms with E-state index in [4.69, 9.17) is 14.3 Å². The molecular formula is C15H11FO3. The molecule has 4 heteroatoms. The number of benzene rings is 2. The van der Waals surface area contributed by atoms with Crippen molar-refractivity contribution in [1.29, 1.82) is 0 Å². The molecule has 0 radical (unpaired) electrons. The summed E-state index contributed by atoms with van der Waals surface area (Å²) in [5.41, 5.74) is 0.504. The maximum absolute atomic E-state index is 13.0. The van der Waals surface area contributed by atoms with Crippen LogP contribution in [0.2, 0.25) is 0 Å². The van der Waals surface area contributed by atoms with Crippen molar-refractivity contribution in [3.8, 4) is 11.5 Å². The summed E-state index contributed by atoms with van der Waals surface area (Å²) in [7, 11) is 0. The lowest BCUT2D eigenvalue weighted by molar-refractivity contribution is 0.274. The number of phenolic OH excluding ortho intramolecular Hbond substituents is 1. The normalized spacial score (nSPS) is 10.8. The van der Waals surface area contributed by atoms with Gasteiger partial charge in [-0.25, -0.2) is 4.39 Å². The smallest absolute Gasteiger partial charge is 0.146 e. The van der Waals surface area contributed by atoms with E-state index in [1.54, 1.807) is 30.3 Å². The van der Waals surface area contributed by atoms with Crippen molar-refractivity contribution in [3.05, 3.63) is 60.1 Å². The van der Waals surface area contributed by atoms with Gasteiger partial charge < -0.3 is 14.3 Å². The predicted molar refractivity (Wildman–Crippen MR) is 68.6 cm³/mol. The Morgan fingerprint density at radius 2 is 1.84 bits per heavy atom. The zero-order valence-electron chi connectivity index (χ0n) is 9.97. The van der Waals surface area contributed by atoms with Crippen LogP contribution in [0.15, 0.2) is 52.9 Å². The van der Waals surface area contributed by atoms with Gasteiger partial charge in [-0.2, -0.15) is 0 Å². The molecule has 0 bridgehead atoms. The summed E-state index contributed by atoms with van der Waals surface area (Å²) >= 11 is 0. The maximum Gasteiger partial charge on any atom is 0.146 e. The van der Waals surface area contributed by atoms with Gasteiger partial charge in [0.15, 0.2) is 0 Å². The molecule has 1 N–H and O–H groups in total. The minimum atomic E-state index is -0.326. The third-order valence-corrected chi connectivity index (χ3v) is 2.75. The second kappa shape index (κ2) is 4.65. The molecule has 3 rings (SSSR count). The van der Waals surface area contributed by atoms with Crippen LogP contribution in [0, 0.1) is 5.82 Å². The number of halogens is 1. The Morgan fingerprint density at radius 1 is 1.05 bits per heavy atom. The summed E-state index contributed by atoms with van der Waals surface area (Å²) in [5, 5.41) is 9.99. The summed E-state index contributed by atoms with van der Waals surface area (Å²) < 4.78 is 24.0. The molecule has 96 valence electrons. The fourth-order valence-electron chi connectivity index (χ4n) is 1.83. The topological polar surface area (TPSA) is 42.6 Å². The number of furan rings is 1. The third kappa shape index (κ3) is 2.52. The van der Waals surface area contributed by atoms with Gasteiger partial charge in [-0.15, -0.1) is 0 Å². The molecule has 1 aromatic heterocycles. The first-order chi connectivity index (χ1) is 9.20. The van der Waals surface area contributed by atoms with Crippen LogP contribution in [-0.2, 0) is 6.61 Å². The Kier molecular flexibility index (Phi) is 2.83. The highest BCUT2D eigenvalue weighted by atomic mass is 19.1. The first-order valence-corrected chi connectivity index (χ1v) is 5.80. The molecule has 0 saturated heterocycles. The molecule has 2 aromatic carbocycles. The number of fused-ring (bicyclic) bond motifs is 1. The zero-order chi connectivity index (χ0) is 13.2. The molecule has 0 unspecified atom stereocenters. The van der Waals surface area contributed by atoms with Crippen LogP contribution in [0.5, 0.6) is 11.5 Å². The summed E-state index contributed by atoms with van der Waals surface area (Å²) in [5.74, 6) is 1.11. The van der Waals surface area contributed by atoms with Gasteiger partial charge in [0.1, 0.15) is 35.3 Å². The van der Waals surface area contributed by atoms with Crippen molar-refractivity contribution in [3.63, 3.8) is 0 Å². The number of phenols is 1. The Labute approximate surface area is 108 Å². The molecule has 0 atom stereocenters. The van der Waals surface area contributed by atoms with E-state index in [9.17, 15) is 4.39 Å². The molecule has 3 aromatic rings. The van der Waals surface area contributed by atoms with Crippen LogP contribution >= 0.6 is 0 Å². The maximum atomic E-state index is 13.0. The molecule has 0 aliphatic rings. The quantitative estimate of drug-likeness (QED) is 0.775. The fraction of sp³-hybridized carbons (Fsp3) is 0.0667. The number of hydrogen-bond donors (Lipinski definition) is 1. The largest absolute Gasteiger partial charge is 0.508 e. The van der Waals surface area contributed by atoms with E-state index in [1.807, 2.05) is 6.07 Å². The van der Waals surface area contributed by atoms with E-state index >= 15 is 0 Å². The van der Waals surface area contributed by atoms with Gasteiger partial charge in [0.05, 0.1) is 0 Å². The lowest BCUT2D eigenvalue weighted by Gasteiger charge is -2.03. The predicted octanol–water partition coefficient (Wildman–Crippen LogP) is 3.86. The number of aromatic hydroxyl groups is 1. The zero-order valence-corrected chi connectivity index (χ0v) is 9.97. The lowest BCUT2D eigenvalue weighted by Crippen LogP contribution is -1.92. The number of rotatable bonds is 3. The average molecular weight is 258 g/mol. The monoisotopic (exact) mass is 258 g/mol. The van der Waals surface area contributed by atoms with Gasteiger partial charge in [-0.05, 0) is 42.5 Å². The van der Waals surface area contributed by atoms with Gasteiger partial charge in [-0.1, -0.05) is 0 Å². The molecule has 0 fully saturated rings. The van der Waals surface area contributed by atoms with E-state index in [-0.39, 0.29) is 18.2 Å². The molecule has 0 aliphatic heterocycles. The molecule has 3 nitrogen and oxygen atoms in total. The van der Waals surface area contributed by atoms with Crippen LogP contribution < -0.4 is 4.74 Å². The Balaban J connectivity index is 1.76. The van der Waals surface area contributed by atoms with E-state index in [0.717, 1.165) is 5.39 Å². The van der Waals surface area contributed by atoms with Crippen molar-refractivity contribution in [2.45, 2.75) is 6.61 Å². The van der Waals surface area contributed by atoms with Gasteiger partial charge in [0.25, 0.3) is 0 Å². The van der Waals surface area contributed by atoms with Crippen LogP contribution in [0.1, 0.15) is 5.76 Å². The molecule has 0 saturated carbocycles. The Hall–Kier alpha value is -2.49. The van der Waals surface area contributed by atoms with Gasteiger partial charge in [0, 0.05) is 11.5 Å². The third-order valence-electron chi connectivity index (χ3n) is 2.75. The van der Waals surface area contributed by atoms with Crippen molar-refractivity contribution >= 4 is 11.0 Å². The SMILES string of the molecule is Oc1ccc(OCc2cc3ccc(F)cc3o2)cc1. The number of hydrogen-bond acceptors (Lipinski definition) is 3. The van der Waals surface area contributed by atoms with E-state index in [0.29, 0.717) is 17.1 Å². The summed E-state index contributed by atoms with van der Waals surface area (Å²) in [6, 6.07) is 12.6.